The van der Waals surface area contributed by atoms with E-state index in [0.717, 1.165) is 0 Å². The zero-order chi connectivity index (χ0) is 11.1. The number of hydrogen-bond donors (Lipinski definition) is 3. The molecule has 0 amide bonds. The number of carbonyl (C=O) groups is 2. The van der Waals surface area contributed by atoms with Crippen LogP contribution in [0.4, 0.5) is 0 Å². The van der Waals surface area contributed by atoms with Gasteiger partial charge in [-0.05, 0) is 24.5 Å². The standard InChI is InChI=1S/C9H16O4S/c1-6(14)2-3-7(9(12)13)4-5-8(10)11/h6-7,14H,2-5H2,1H3,(H,10,11)(H,12,13). The first-order valence-corrected chi connectivity index (χ1v) is 5.07. The Morgan fingerprint density at radius 1 is 1.21 bits per heavy atom. The molecule has 0 aromatic heterocycles. The fraction of sp³-hybridized carbons (Fsp3) is 0.778. The number of thiol groups is 1. The van der Waals surface area contributed by atoms with Crippen LogP contribution in [0, 0.1) is 5.92 Å². The number of hydrogen-bond acceptors (Lipinski definition) is 3. The molecule has 0 saturated carbocycles. The molecule has 2 atom stereocenters. The molecule has 0 aromatic rings. The van der Waals surface area contributed by atoms with Gasteiger partial charge in [-0.3, -0.25) is 9.59 Å². The van der Waals surface area contributed by atoms with Gasteiger partial charge in [0.05, 0.1) is 5.92 Å². The van der Waals surface area contributed by atoms with Crippen LogP contribution in [0.25, 0.3) is 0 Å². The second-order valence-electron chi connectivity index (χ2n) is 3.39. The summed E-state index contributed by atoms with van der Waals surface area (Å²) in [4.78, 5) is 21.0. The zero-order valence-corrected chi connectivity index (χ0v) is 9.04. The Morgan fingerprint density at radius 3 is 2.14 bits per heavy atom. The first kappa shape index (κ1) is 13.3. The lowest BCUT2D eigenvalue weighted by Gasteiger charge is -2.11. The average molecular weight is 220 g/mol. The highest BCUT2D eigenvalue weighted by atomic mass is 32.1. The molecule has 5 heteroatoms. The van der Waals surface area contributed by atoms with Crippen molar-refractivity contribution in [1.82, 2.24) is 0 Å². The van der Waals surface area contributed by atoms with E-state index in [1.807, 2.05) is 6.92 Å². The smallest absolute Gasteiger partial charge is 0.306 e. The van der Waals surface area contributed by atoms with Crippen molar-refractivity contribution in [3.05, 3.63) is 0 Å². The number of carboxylic acid groups (broad SMARTS) is 2. The molecule has 0 heterocycles. The predicted molar refractivity (Wildman–Crippen MR) is 55.7 cm³/mol. The highest BCUT2D eigenvalue weighted by Gasteiger charge is 2.18. The minimum Gasteiger partial charge on any atom is -0.481 e. The van der Waals surface area contributed by atoms with E-state index in [1.54, 1.807) is 0 Å². The summed E-state index contributed by atoms with van der Waals surface area (Å²) in [5.74, 6) is -2.42. The summed E-state index contributed by atoms with van der Waals surface area (Å²) in [5, 5.41) is 17.3. The summed E-state index contributed by atoms with van der Waals surface area (Å²) >= 11 is 4.14. The Kier molecular flexibility index (Phi) is 6.36. The largest absolute Gasteiger partial charge is 0.481 e. The van der Waals surface area contributed by atoms with Crippen molar-refractivity contribution in [3.8, 4) is 0 Å². The molecule has 0 spiro atoms. The van der Waals surface area contributed by atoms with Crippen LogP contribution in [0.5, 0.6) is 0 Å². The first-order valence-electron chi connectivity index (χ1n) is 4.56. The maximum atomic E-state index is 10.7. The summed E-state index contributed by atoms with van der Waals surface area (Å²) in [7, 11) is 0. The lowest BCUT2D eigenvalue weighted by atomic mass is 9.97. The maximum Gasteiger partial charge on any atom is 0.306 e. The fourth-order valence-corrected chi connectivity index (χ4v) is 1.28. The van der Waals surface area contributed by atoms with E-state index in [2.05, 4.69) is 12.6 Å². The molecule has 0 radical (unpaired) electrons. The second-order valence-corrected chi connectivity index (χ2v) is 4.28. The Morgan fingerprint density at radius 2 is 1.79 bits per heavy atom. The van der Waals surface area contributed by atoms with Gasteiger partial charge in [0.1, 0.15) is 0 Å². The SMILES string of the molecule is CC(S)CCC(CCC(=O)O)C(=O)O. The third-order valence-corrected chi connectivity index (χ3v) is 2.25. The zero-order valence-electron chi connectivity index (χ0n) is 8.14. The van der Waals surface area contributed by atoms with Gasteiger partial charge in [0.15, 0.2) is 0 Å². The molecule has 82 valence electrons. The van der Waals surface area contributed by atoms with Crippen LogP contribution >= 0.6 is 12.6 Å². The first-order chi connectivity index (χ1) is 6.43. The second kappa shape index (κ2) is 6.70. The summed E-state index contributed by atoms with van der Waals surface area (Å²) in [6, 6.07) is 0. The quantitative estimate of drug-likeness (QED) is 0.570. The van der Waals surface area contributed by atoms with E-state index >= 15 is 0 Å². The van der Waals surface area contributed by atoms with E-state index in [-0.39, 0.29) is 18.1 Å². The average Bonchev–Trinajstić information content (AvgIpc) is 2.02. The molecule has 0 rings (SSSR count). The molecular formula is C9H16O4S. The third kappa shape index (κ3) is 6.77. The fourth-order valence-electron chi connectivity index (χ4n) is 1.13. The Hall–Kier alpha value is -0.710. The van der Waals surface area contributed by atoms with Crippen molar-refractivity contribution < 1.29 is 19.8 Å². The molecule has 0 aliphatic rings. The highest BCUT2D eigenvalue weighted by Crippen LogP contribution is 2.17. The van der Waals surface area contributed by atoms with Gasteiger partial charge in [0.25, 0.3) is 0 Å². The van der Waals surface area contributed by atoms with Crippen molar-refractivity contribution in [2.24, 2.45) is 5.92 Å². The number of rotatable bonds is 7. The van der Waals surface area contributed by atoms with Gasteiger partial charge >= 0.3 is 11.9 Å². The summed E-state index contributed by atoms with van der Waals surface area (Å²) in [5.41, 5.74) is 0. The molecule has 2 unspecified atom stereocenters. The summed E-state index contributed by atoms with van der Waals surface area (Å²) < 4.78 is 0. The van der Waals surface area contributed by atoms with E-state index in [0.29, 0.717) is 12.8 Å². The van der Waals surface area contributed by atoms with E-state index < -0.39 is 17.9 Å². The predicted octanol–water partition coefficient (Wildman–Crippen LogP) is 1.65. The van der Waals surface area contributed by atoms with Crippen molar-refractivity contribution in [2.75, 3.05) is 0 Å². The van der Waals surface area contributed by atoms with Gasteiger partial charge in [-0.25, -0.2) is 0 Å². The lowest BCUT2D eigenvalue weighted by Crippen LogP contribution is -2.16. The third-order valence-electron chi connectivity index (χ3n) is 1.99. The molecule has 0 bridgehead atoms. The van der Waals surface area contributed by atoms with E-state index in [1.165, 1.54) is 0 Å². The molecule has 14 heavy (non-hydrogen) atoms. The van der Waals surface area contributed by atoms with Crippen LogP contribution in [0.2, 0.25) is 0 Å². The molecule has 4 nitrogen and oxygen atoms in total. The van der Waals surface area contributed by atoms with Crippen LogP contribution in [-0.2, 0) is 9.59 Å². The van der Waals surface area contributed by atoms with Gasteiger partial charge in [-0.1, -0.05) is 6.92 Å². The molecule has 0 aliphatic heterocycles. The van der Waals surface area contributed by atoms with Crippen molar-refractivity contribution in [3.63, 3.8) is 0 Å². The maximum absolute atomic E-state index is 10.7. The van der Waals surface area contributed by atoms with Crippen molar-refractivity contribution >= 4 is 24.6 Å². The molecule has 0 saturated heterocycles. The van der Waals surface area contributed by atoms with Gasteiger partial charge in [-0.15, -0.1) is 0 Å². The van der Waals surface area contributed by atoms with Gasteiger partial charge < -0.3 is 10.2 Å². The monoisotopic (exact) mass is 220 g/mol. The van der Waals surface area contributed by atoms with Crippen LogP contribution < -0.4 is 0 Å². The van der Waals surface area contributed by atoms with Gasteiger partial charge in [-0.2, -0.15) is 12.6 Å². The minimum absolute atomic E-state index is 0.0854. The molecule has 0 aromatic carbocycles. The molecule has 2 N–H and O–H groups in total. The lowest BCUT2D eigenvalue weighted by molar-refractivity contribution is -0.143. The van der Waals surface area contributed by atoms with Gasteiger partial charge in [0.2, 0.25) is 0 Å². The Bertz CT molecular complexity index is 203. The summed E-state index contributed by atoms with van der Waals surface area (Å²) in [6.45, 7) is 1.89. The van der Waals surface area contributed by atoms with Crippen molar-refractivity contribution in [2.45, 2.75) is 37.9 Å². The van der Waals surface area contributed by atoms with Gasteiger partial charge in [0, 0.05) is 6.42 Å². The Labute approximate surface area is 88.7 Å². The molecule has 0 fully saturated rings. The normalized spacial score (nSPS) is 14.7. The minimum atomic E-state index is -0.949. The number of carboxylic acids is 2. The van der Waals surface area contributed by atoms with Crippen LogP contribution in [0.1, 0.15) is 32.6 Å². The van der Waals surface area contributed by atoms with Crippen molar-refractivity contribution in [1.29, 1.82) is 0 Å². The molecular weight excluding hydrogens is 204 g/mol. The Balaban J connectivity index is 3.90. The van der Waals surface area contributed by atoms with Crippen LogP contribution in [-0.4, -0.2) is 27.4 Å². The van der Waals surface area contributed by atoms with Crippen LogP contribution in [0.3, 0.4) is 0 Å². The summed E-state index contributed by atoms with van der Waals surface area (Å²) in [6.07, 6.45) is 1.30. The number of aliphatic carboxylic acids is 2. The molecule has 0 aliphatic carbocycles. The van der Waals surface area contributed by atoms with Crippen LogP contribution in [0.15, 0.2) is 0 Å². The highest BCUT2D eigenvalue weighted by molar-refractivity contribution is 7.80. The van der Waals surface area contributed by atoms with E-state index in [4.69, 9.17) is 10.2 Å². The van der Waals surface area contributed by atoms with E-state index in [9.17, 15) is 9.59 Å². The topological polar surface area (TPSA) is 74.6 Å².